The van der Waals surface area contributed by atoms with E-state index < -0.39 is 5.97 Å². The fourth-order valence-electron chi connectivity index (χ4n) is 2.25. The molecule has 0 aliphatic carbocycles. The summed E-state index contributed by atoms with van der Waals surface area (Å²) in [5, 5.41) is 14.3. The van der Waals surface area contributed by atoms with Gasteiger partial charge in [-0.1, -0.05) is 52.9 Å². The van der Waals surface area contributed by atoms with E-state index in [4.69, 9.17) is 5.11 Å². The van der Waals surface area contributed by atoms with Gasteiger partial charge in [-0.2, -0.15) is 0 Å². The van der Waals surface area contributed by atoms with E-state index in [2.05, 4.69) is 24.5 Å². The smallest absolute Gasteiger partial charge is 0.315 e. The van der Waals surface area contributed by atoms with E-state index in [0.29, 0.717) is 13.0 Å². The lowest BCUT2D eigenvalue weighted by Crippen LogP contribution is -2.43. The van der Waals surface area contributed by atoms with Crippen molar-refractivity contribution < 1.29 is 14.7 Å². The number of carbonyl (C=O) groups is 2. The molecule has 0 fully saturated rings. The van der Waals surface area contributed by atoms with Crippen LogP contribution in [0.25, 0.3) is 0 Å². The maximum Gasteiger partial charge on any atom is 0.315 e. The Morgan fingerprint density at radius 2 is 1.71 bits per heavy atom. The molecule has 0 bridgehead atoms. The first-order chi connectivity index (χ1) is 9.95. The minimum absolute atomic E-state index is 0.0174. The number of hydrogen-bond donors (Lipinski definition) is 3. The van der Waals surface area contributed by atoms with Crippen LogP contribution in [-0.4, -0.2) is 29.7 Å². The van der Waals surface area contributed by atoms with Crippen LogP contribution in [0.5, 0.6) is 0 Å². The van der Waals surface area contributed by atoms with Crippen molar-refractivity contribution in [2.45, 2.75) is 78.2 Å². The number of urea groups is 1. The number of unbranched alkanes of at least 4 members (excludes halogenated alkanes) is 3. The summed E-state index contributed by atoms with van der Waals surface area (Å²) in [6, 6.07) is -0.532. The summed E-state index contributed by atoms with van der Waals surface area (Å²) < 4.78 is 0. The Labute approximate surface area is 128 Å². The fraction of sp³-hybridized carbons (Fsp3) is 0.875. The quantitative estimate of drug-likeness (QED) is 0.482. The van der Waals surface area contributed by atoms with E-state index in [1.165, 1.54) is 19.3 Å². The van der Waals surface area contributed by atoms with E-state index in [1.54, 1.807) is 0 Å². The number of carboxylic acid groups (broad SMARTS) is 1. The highest BCUT2D eigenvalue weighted by molar-refractivity contribution is 5.75. The summed E-state index contributed by atoms with van der Waals surface area (Å²) in [5.41, 5.74) is 0. The first-order valence-electron chi connectivity index (χ1n) is 8.21. The van der Waals surface area contributed by atoms with Crippen LogP contribution in [0.1, 0.15) is 72.1 Å². The van der Waals surface area contributed by atoms with E-state index in [1.807, 2.05) is 6.92 Å². The second-order valence-electron chi connectivity index (χ2n) is 6.08. The second kappa shape index (κ2) is 12.5. The van der Waals surface area contributed by atoms with Crippen molar-refractivity contribution in [2.24, 2.45) is 5.92 Å². The molecular weight excluding hydrogens is 268 g/mol. The Morgan fingerprint density at radius 1 is 1.05 bits per heavy atom. The summed E-state index contributed by atoms with van der Waals surface area (Å²) in [6.45, 7) is 7.09. The molecular formula is C16H32N2O3. The zero-order chi connectivity index (χ0) is 16.1. The van der Waals surface area contributed by atoms with Gasteiger partial charge in [-0.15, -0.1) is 0 Å². The molecule has 0 rings (SSSR count). The summed E-state index contributed by atoms with van der Waals surface area (Å²) in [5.74, 6) is -0.113. The molecule has 3 N–H and O–H groups in total. The van der Waals surface area contributed by atoms with E-state index in [-0.39, 0.29) is 18.5 Å². The van der Waals surface area contributed by atoms with Crippen LogP contribution in [0.3, 0.4) is 0 Å². The van der Waals surface area contributed by atoms with Gasteiger partial charge in [0.05, 0.1) is 6.42 Å². The lowest BCUT2D eigenvalue weighted by atomic mass is 10.0. The predicted octanol–water partition coefficient (Wildman–Crippen LogP) is 3.54. The molecule has 0 aliphatic heterocycles. The molecule has 0 aromatic carbocycles. The van der Waals surface area contributed by atoms with Gasteiger partial charge in [-0.3, -0.25) is 4.79 Å². The van der Waals surface area contributed by atoms with Crippen molar-refractivity contribution >= 4 is 12.0 Å². The average Bonchev–Trinajstić information content (AvgIpc) is 2.36. The molecule has 0 aromatic rings. The molecule has 0 heterocycles. The number of hydrogen-bond acceptors (Lipinski definition) is 2. The van der Waals surface area contributed by atoms with Gasteiger partial charge >= 0.3 is 12.0 Å². The first kappa shape index (κ1) is 19.7. The maximum atomic E-state index is 11.7. The highest BCUT2D eigenvalue weighted by atomic mass is 16.4. The third-order valence-electron chi connectivity index (χ3n) is 3.39. The SMILES string of the molecule is CCCC(CC(=O)O)NC(=O)NCCCCCCC(C)C. The standard InChI is InChI=1S/C16H32N2O3/c1-4-9-14(12-15(19)20)18-16(21)17-11-8-6-5-7-10-13(2)3/h13-14H,4-12H2,1-3H3,(H,19,20)(H2,17,18,21). The lowest BCUT2D eigenvalue weighted by Gasteiger charge is -2.16. The van der Waals surface area contributed by atoms with Gasteiger partial charge in [0.1, 0.15) is 0 Å². The van der Waals surface area contributed by atoms with Crippen LogP contribution in [0, 0.1) is 5.92 Å². The van der Waals surface area contributed by atoms with Crippen molar-refractivity contribution in [3.63, 3.8) is 0 Å². The monoisotopic (exact) mass is 300 g/mol. The third-order valence-corrected chi connectivity index (χ3v) is 3.39. The van der Waals surface area contributed by atoms with Crippen molar-refractivity contribution in [2.75, 3.05) is 6.54 Å². The van der Waals surface area contributed by atoms with Gasteiger partial charge in [0.25, 0.3) is 0 Å². The van der Waals surface area contributed by atoms with E-state index >= 15 is 0 Å². The minimum Gasteiger partial charge on any atom is -0.481 e. The largest absolute Gasteiger partial charge is 0.481 e. The zero-order valence-electron chi connectivity index (χ0n) is 13.8. The number of amides is 2. The molecule has 2 amide bonds. The normalized spacial score (nSPS) is 12.2. The summed E-state index contributed by atoms with van der Waals surface area (Å²) in [7, 11) is 0. The molecule has 0 aromatic heterocycles. The van der Waals surface area contributed by atoms with Crippen LogP contribution in [0.2, 0.25) is 0 Å². The van der Waals surface area contributed by atoms with Crippen molar-refractivity contribution in [3.05, 3.63) is 0 Å². The van der Waals surface area contributed by atoms with Gasteiger partial charge in [0.2, 0.25) is 0 Å². The maximum absolute atomic E-state index is 11.7. The second-order valence-corrected chi connectivity index (χ2v) is 6.08. The first-order valence-corrected chi connectivity index (χ1v) is 8.21. The molecule has 5 nitrogen and oxygen atoms in total. The molecule has 0 spiro atoms. The lowest BCUT2D eigenvalue weighted by molar-refractivity contribution is -0.137. The Bertz CT molecular complexity index is 293. The van der Waals surface area contributed by atoms with Crippen LogP contribution >= 0.6 is 0 Å². The summed E-state index contributed by atoms with van der Waals surface area (Å²) in [4.78, 5) is 22.4. The van der Waals surface area contributed by atoms with Crippen LogP contribution in [0.15, 0.2) is 0 Å². The van der Waals surface area contributed by atoms with Crippen molar-refractivity contribution in [1.82, 2.24) is 10.6 Å². The number of rotatable bonds is 12. The van der Waals surface area contributed by atoms with Crippen LogP contribution in [0.4, 0.5) is 4.79 Å². The molecule has 5 heteroatoms. The molecule has 0 saturated carbocycles. The van der Waals surface area contributed by atoms with Gasteiger partial charge in [-0.05, 0) is 18.8 Å². The highest BCUT2D eigenvalue weighted by Crippen LogP contribution is 2.09. The minimum atomic E-state index is -0.876. The Kier molecular flexibility index (Phi) is 11.7. The summed E-state index contributed by atoms with van der Waals surface area (Å²) in [6.07, 6.45) is 7.35. The predicted molar refractivity (Wildman–Crippen MR) is 85.4 cm³/mol. The fourth-order valence-corrected chi connectivity index (χ4v) is 2.25. The van der Waals surface area contributed by atoms with Gasteiger partial charge in [0, 0.05) is 12.6 Å². The van der Waals surface area contributed by atoms with Gasteiger partial charge < -0.3 is 15.7 Å². The summed E-state index contributed by atoms with van der Waals surface area (Å²) >= 11 is 0. The number of carbonyl (C=O) groups excluding carboxylic acids is 1. The van der Waals surface area contributed by atoms with Crippen molar-refractivity contribution in [1.29, 1.82) is 0 Å². The topological polar surface area (TPSA) is 78.4 Å². The Hall–Kier alpha value is -1.26. The third kappa shape index (κ3) is 13.5. The average molecular weight is 300 g/mol. The zero-order valence-corrected chi connectivity index (χ0v) is 13.8. The van der Waals surface area contributed by atoms with Gasteiger partial charge in [0.15, 0.2) is 0 Å². The Balaban J connectivity index is 3.65. The van der Waals surface area contributed by atoms with Crippen LogP contribution < -0.4 is 10.6 Å². The van der Waals surface area contributed by atoms with Crippen molar-refractivity contribution in [3.8, 4) is 0 Å². The molecule has 0 aliphatic rings. The number of nitrogens with one attached hydrogen (secondary N) is 2. The van der Waals surface area contributed by atoms with E-state index in [9.17, 15) is 9.59 Å². The molecule has 1 atom stereocenters. The highest BCUT2D eigenvalue weighted by Gasteiger charge is 2.14. The Morgan fingerprint density at radius 3 is 2.29 bits per heavy atom. The molecule has 0 radical (unpaired) electrons. The van der Waals surface area contributed by atoms with Crippen LogP contribution in [-0.2, 0) is 4.79 Å². The molecule has 21 heavy (non-hydrogen) atoms. The number of aliphatic carboxylic acids is 1. The van der Waals surface area contributed by atoms with E-state index in [0.717, 1.165) is 25.2 Å². The molecule has 1 unspecified atom stereocenters. The molecule has 124 valence electrons. The molecule has 0 saturated heterocycles. The number of carboxylic acids is 1. The van der Waals surface area contributed by atoms with Gasteiger partial charge in [-0.25, -0.2) is 4.79 Å².